The molecule has 0 bridgehead atoms. The van der Waals surface area contributed by atoms with Crippen LogP contribution in [0.3, 0.4) is 0 Å². The molecular weight excluding hydrogens is 168 g/mol. The molecule has 3 nitrogen and oxygen atoms in total. The molecule has 3 atom stereocenters. The Morgan fingerprint density at radius 2 is 2.54 bits per heavy atom. The molecule has 13 heavy (non-hydrogen) atoms. The number of carbonyl (C=O) groups excluding carboxylic acids is 1. The van der Waals surface area contributed by atoms with Crippen molar-refractivity contribution >= 4 is 5.97 Å². The van der Waals surface area contributed by atoms with Crippen LogP contribution in [-0.2, 0) is 14.3 Å². The maximum absolute atomic E-state index is 11.0. The Labute approximate surface area is 77.7 Å². The fourth-order valence-corrected chi connectivity index (χ4v) is 2.08. The first kappa shape index (κ1) is 8.75. The van der Waals surface area contributed by atoms with Crippen molar-refractivity contribution in [1.82, 2.24) is 0 Å². The summed E-state index contributed by atoms with van der Waals surface area (Å²) in [5, 5.41) is 0. The Bertz CT molecular complexity index is 234. The lowest BCUT2D eigenvalue weighted by molar-refractivity contribution is -0.143. The third-order valence-corrected chi connectivity index (χ3v) is 2.75. The van der Waals surface area contributed by atoms with Crippen molar-refractivity contribution in [2.75, 3.05) is 7.11 Å². The highest BCUT2D eigenvalue weighted by molar-refractivity contribution is 5.69. The van der Waals surface area contributed by atoms with Gasteiger partial charge in [0.1, 0.15) is 0 Å². The van der Waals surface area contributed by atoms with Crippen LogP contribution >= 0.6 is 0 Å². The first-order valence-electron chi connectivity index (χ1n) is 4.68. The van der Waals surface area contributed by atoms with Gasteiger partial charge in [-0.15, -0.1) is 0 Å². The van der Waals surface area contributed by atoms with Gasteiger partial charge in [0, 0.05) is 5.92 Å². The second-order valence-corrected chi connectivity index (χ2v) is 3.64. The number of rotatable bonds is 2. The van der Waals surface area contributed by atoms with Gasteiger partial charge in [0.15, 0.2) is 0 Å². The smallest absolute Gasteiger partial charge is 0.308 e. The minimum absolute atomic E-state index is 0.0763. The molecule has 1 saturated heterocycles. The SMILES string of the molecule is COC(=O)C[C@H]1C[C@@H]2C=CC[C@@H]2O1. The molecule has 0 radical (unpaired) electrons. The maximum atomic E-state index is 11.0. The Morgan fingerprint density at radius 3 is 3.23 bits per heavy atom. The molecule has 1 aliphatic carbocycles. The van der Waals surface area contributed by atoms with Gasteiger partial charge in [0.05, 0.1) is 25.7 Å². The average molecular weight is 182 g/mol. The van der Waals surface area contributed by atoms with Crippen molar-refractivity contribution in [2.24, 2.45) is 5.92 Å². The van der Waals surface area contributed by atoms with E-state index in [0.717, 1.165) is 12.8 Å². The topological polar surface area (TPSA) is 35.5 Å². The Kier molecular flexibility index (Phi) is 2.36. The fourth-order valence-electron chi connectivity index (χ4n) is 2.08. The quantitative estimate of drug-likeness (QED) is 0.476. The molecule has 0 aromatic heterocycles. The van der Waals surface area contributed by atoms with Gasteiger partial charge >= 0.3 is 5.97 Å². The molecule has 1 aliphatic heterocycles. The van der Waals surface area contributed by atoms with Gasteiger partial charge in [-0.2, -0.15) is 0 Å². The lowest BCUT2D eigenvalue weighted by Gasteiger charge is -2.10. The van der Waals surface area contributed by atoms with E-state index in [1.807, 2.05) is 0 Å². The van der Waals surface area contributed by atoms with E-state index in [2.05, 4.69) is 16.9 Å². The standard InChI is InChI=1S/C10H14O3/c1-12-10(11)6-8-5-7-3-2-4-9(7)13-8/h2-3,7-9H,4-6H2,1H3/t7-,8+,9-/m0/s1. The summed E-state index contributed by atoms with van der Waals surface area (Å²) in [6.45, 7) is 0. The van der Waals surface area contributed by atoms with Gasteiger partial charge < -0.3 is 9.47 Å². The first-order chi connectivity index (χ1) is 6.29. The molecule has 1 heterocycles. The van der Waals surface area contributed by atoms with E-state index in [9.17, 15) is 4.79 Å². The molecule has 0 aromatic carbocycles. The van der Waals surface area contributed by atoms with Gasteiger partial charge in [-0.05, 0) is 12.8 Å². The van der Waals surface area contributed by atoms with Crippen LogP contribution in [0.15, 0.2) is 12.2 Å². The van der Waals surface area contributed by atoms with Crippen LogP contribution < -0.4 is 0 Å². The van der Waals surface area contributed by atoms with Crippen molar-refractivity contribution in [1.29, 1.82) is 0 Å². The van der Waals surface area contributed by atoms with Gasteiger partial charge in [-0.3, -0.25) is 4.79 Å². The van der Waals surface area contributed by atoms with Crippen molar-refractivity contribution in [3.63, 3.8) is 0 Å². The Hall–Kier alpha value is -0.830. The predicted molar refractivity (Wildman–Crippen MR) is 47.2 cm³/mol. The summed E-state index contributed by atoms with van der Waals surface area (Å²) in [5.41, 5.74) is 0. The van der Waals surface area contributed by atoms with E-state index >= 15 is 0 Å². The van der Waals surface area contributed by atoms with E-state index < -0.39 is 0 Å². The maximum Gasteiger partial charge on any atom is 0.308 e. The van der Waals surface area contributed by atoms with Gasteiger partial charge in [-0.1, -0.05) is 12.2 Å². The van der Waals surface area contributed by atoms with Crippen LogP contribution in [0.25, 0.3) is 0 Å². The number of fused-ring (bicyclic) bond motifs is 1. The van der Waals surface area contributed by atoms with Crippen molar-refractivity contribution in [3.8, 4) is 0 Å². The van der Waals surface area contributed by atoms with Crippen LogP contribution in [0.1, 0.15) is 19.3 Å². The van der Waals surface area contributed by atoms with E-state index in [-0.39, 0.29) is 12.1 Å². The number of methoxy groups -OCH3 is 1. The third kappa shape index (κ3) is 1.75. The highest BCUT2D eigenvalue weighted by Crippen LogP contribution is 2.35. The van der Waals surface area contributed by atoms with Crippen molar-refractivity contribution in [2.45, 2.75) is 31.5 Å². The first-order valence-corrected chi connectivity index (χ1v) is 4.68. The van der Waals surface area contributed by atoms with E-state index in [4.69, 9.17) is 4.74 Å². The van der Waals surface area contributed by atoms with Gasteiger partial charge in [0.2, 0.25) is 0 Å². The molecule has 0 saturated carbocycles. The molecule has 2 aliphatic rings. The largest absolute Gasteiger partial charge is 0.469 e. The lowest BCUT2D eigenvalue weighted by Crippen LogP contribution is -2.15. The zero-order chi connectivity index (χ0) is 9.26. The molecule has 0 amide bonds. The number of ether oxygens (including phenoxy) is 2. The number of esters is 1. The highest BCUT2D eigenvalue weighted by Gasteiger charge is 2.36. The summed E-state index contributed by atoms with van der Waals surface area (Å²) in [6.07, 6.45) is 7.13. The monoisotopic (exact) mass is 182 g/mol. The molecule has 2 rings (SSSR count). The minimum Gasteiger partial charge on any atom is -0.469 e. The van der Waals surface area contributed by atoms with Crippen molar-refractivity contribution < 1.29 is 14.3 Å². The number of hydrogen-bond donors (Lipinski definition) is 0. The van der Waals surface area contributed by atoms with Crippen LogP contribution in [0, 0.1) is 5.92 Å². The predicted octanol–water partition coefficient (Wildman–Crippen LogP) is 1.28. The van der Waals surface area contributed by atoms with E-state index in [0.29, 0.717) is 18.4 Å². The molecule has 0 aromatic rings. The van der Waals surface area contributed by atoms with Gasteiger partial charge in [-0.25, -0.2) is 0 Å². The summed E-state index contributed by atoms with van der Waals surface area (Å²) >= 11 is 0. The fraction of sp³-hybridized carbons (Fsp3) is 0.700. The molecule has 0 unspecified atom stereocenters. The van der Waals surface area contributed by atoms with Crippen LogP contribution in [0.2, 0.25) is 0 Å². The van der Waals surface area contributed by atoms with E-state index in [1.165, 1.54) is 7.11 Å². The Morgan fingerprint density at radius 1 is 1.69 bits per heavy atom. The molecular formula is C10H14O3. The normalized spacial score (nSPS) is 36.2. The average Bonchev–Trinajstić information content (AvgIpc) is 2.63. The van der Waals surface area contributed by atoms with Crippen LogP contribution in [0.4, 0.5) is 0 Å². The summed E-state index contributed by atoms with van der Waals surface area (Å²) in [7, 11) is 1.41. The number of carbonyl (C=O) groups is 1. The molecule has 1 fully saturated rings. The third-order valence-electron chi connectivity index (χ3n) is 2.75. The molecule has 0 N–H and O–H groups in total. The summed E-state index contributed by atoms with van der Waals surface area (Å²) < 4.78 is 10.3. The zero-order valence-corrected chi connectivity index (χ0v) is 7.73. The summed E-state index contributed by atoms with van der Waals surface area (Å²) in [6, 6.07) is 0. The van der Waals surface area contributed by atoms with E-state index in [1.54, 1.807) is 0 Å². The van der Waals surface area contributed by atoms with Crippen LogP contribution in [-0.4, -0.2) is 25.3 Å². The molecule has 3 heteroatoms. The van der Waals surface area contributed by atoms with Crippen LogP contribution in [0.5, 0.6) is 0 Å². The van der Waals surface area contributed by atoms with Gasteiger partial charge in [0.25, 0.3) is 0 Å². The second-order valence-electron chi connectivity index (χ2n) is 3.64. The summed E-state index contributed by atoms with van der Waals surface area (Å²) in [5.74, 6) is 0.364. The number of hydrogen-bond acceptors (Lipinski definition) is 3. The molecule has 72 valence electrons. The molecule has 0 spiro atoms. The Balaban J connectivity index is 1.85. The summed E-state index contributed by atoms with van der Waals surface area (Å²) in [4.78, 5) is 11.0. The zero-order valence-electron chi connectivity index (χ0n) is 7.73. The highest BCUT2D eigenvalue weighted by atomic mass is 16.5. The van der Waals surface area contributed by atoms with Crippen molar-refractivity contribution in [3.05, 3.63) is 12.2 Å². The lowest BCUT2D eigenvalue weighted by atomic mass is 10.0. The second kappa shape index (κ2) is 3.50. The minimum atomic E-state index is -0.172.